The lowest BCUT2D eigenvalue weighted by atomic mass is 10.2. The Hall–Kier alpha value is -1.55. The molecular formula is C15H24N2O2. The van der Waals surface area contributed by atoms with Crippen molar-refractivity contribution in [3.63, 3.8) is 0 Å². The van der Waals surface area contributed by atoms with E-state index >= 15 is 0 Å². The van der Waals surface area contributed by atoms with E-state index in [4.69, 9.17) is 10.5 Å². The van der Waals surface area contributed by atoms with Gasteiger partial charge in [-0.15, -0.1) is 0 Å². The van der Waals surface area contributed by atoms with Gasteiger partial charge in [-0.1, -0.05) is 13.0 Å². The highest BCUT2D eigenvalue weighted by atomic mass is 16.5. The highest BCUT2D eigenvalue weighted by Gasteiger charge is 2.18. The lowest BCUT2D eigenvalue weighted by Crippen LogP contribution is -2.37. The number of anilines is 2. The second kappa shape index (κ2) is 6.57. The second-order valence-corrected chi connectivity index (χ2v) is 5.54. The van der Waals surface area contributed by atoms with E-state index in [1.165, 1.54) is 0 Å². The first kappa shape index (κ1) is 15.5. The van der Waals surface area contributed by atoms with Gasteiger partial charge in [0.1, 0.15) is 6.61 Å². The van der Waals surface area contributed by atoms with Gasteiger partial charge in [-0.3, -0.25) is 4.79 Å². The summed E-state index contributed by atoms with van der Waals surface area (Å²) >= 11 is 0. The van der Waals surface area contributed by atoms with E-state index in [0.29, 0.717) is 12.2 Å². The van der Waals surface area contributed by atoms with Crippen LogP contribution in [0.3, 0.4) is 0 Å². The molecule has 4 nitrogen and oxygen atoms in total. The SMILES string of the molecule is CCCN(C(=O)COC(C)(C)C)c1cccc(N)c1. The molecule has 0 aliphatic heterocycles. The van der Waals surface area contributed by atoms with Crippen LogP contribution in [0.5, 0.6) is 0 Å². The summed E-state index contributed by atoms with van der Waals surface area (Å²) in [6.07, 6.45) is 0.885. The van der Waals surface area contributed by atoms with Crippen molar-refractivity contribution in [3.05, 3.63) is 24.3 Å². The fraction of sp³-hybridized carbons (Fsp3) is 0.533. The first-order valence-electron chi connectivity index (χ1n) is 6.63. The minimum absolute atomic E-state index is 0.0395. The van der Waals surface area contributed by atoms with Gasteiger partial charge in [-0.2, -0.15) is 0 Å². The number of rotatable bonds is 5. The number of hydrogen-bond acceptors (Lipinski definition) is 3. The molecule has 2 N–H and O–H groups in total. The molecular weight excluding hydrogens is 240 g/mol. The second-order valence-electron chi connectivity index (χ2n) is 5.54. The van der Waals surface area contributed by atoms with E-state index in [-0.39, 0.29) is 18.1 Å². The molecule has 1 amide bonds. The predicted molar refractivity (Wildman–Crippen MR) is 79.2 cm³/mol. The topological polar surface area (TPSA) is 55.6 Å². The highest BCUT2D eigenvalue weighted by molar-refractivity contribution is 5.94. The molecule has 0 unspecified atom stereocenters. The van der Waals surface area contributed by atoms with Gasteiger partial charge in [-0.05, 0) is 45.4 Å². The molecule has 0 aromatic heterocycles. The van der Waals surface area contributed by atoms with E-state index in [1.54, 1.807) is 4.90 Å². The lowest BCUT2D eigenvalue weighted by Gasteiger charge is -2.25. The maximum Gasteiger partial charge on any atom is 0.253 e. The molecule has 0 atom stereocenters. The van der Waals surface area contributed by atoms with Crippen LogP contribution in [0.2, 0.25) is 0 Å². The zero-order chi connectivity index (χ0) is 14.5. The Morgan fingerprint density at radius 3 is 2.58 bits per heavy atom. The van der Waals surface area contributed by atoms with Crippen LogP contribution in [-0.4, -0.2) is 24.7 Å². The van der Waals surface area contributed by atoms with Crippen LogP contribution >= 0.6 is 0 Å². The third kappa shape index (κ3) is 5.30. The number of amides is 1. The average Bonchev–Trinajstić information content (AvgIpc) is 2.32. The monoisotopic (exact) mass is 264 g/mol. The highest BCUT2D eigenvalue weighted by Crippen LogP contribution is 2.18. The Balaban J connectivity index is 2.80. The van der Waals surface area contributed by atoms with Gasteiger partial charge in [0.2, 0.25) is 0 Å². The van der Waals surface area contributed by atoms with Crippen molar-refractivity contribution in [3.8, 4) is 0 Å². The number of benzene rings is 1. The quantitative estimate of drug-likeness (QED) is 0.832. The molecule has 1 rings (SSSR count). The third-order valence-corrected chi connectivity index (χ3v) is 2.56. The van der Waals surface area contributed by atoms with Gasteiger partial charge in [-0.25, -0.2) is 0 Å². The predicted octanol–water partition coefficient (Wildman–Crippen LogP) is 2.83. The van der Waals surface area contributed by atoms with Crippen LogP contribution < -0.4 is 10.6 Å². The van der Waals surface area contributed by atoms with Gasteiger partial charge in [0, 0.05) is 17.9 Å². The summed E-state index contributed by atoms with van der Waals surface area (Å²) in [4.78, 5) is 14.0. The van der Waals surface area contributed by atoms with Crippen LogP contribution in [-0.2, 0) is 9.53 Å². The molecule has 0 aliphatic rings. The van der Waals surface area contributed by atoms with E-state index in [1.807, 2.05) is 52.0 Å². The van der Waals surface area contributed by atoms with E-state index in [2.05, 4.69) is 0 Å². The molecule has 4 heteroatoms. The number of nitrogen functional groups attached to an aromatic ring is 1. The Bertz CT molecular complexity index is 424. The Labute approximate surface area is 115 Å². The summed E-state index contributed by atoms with van der Waals surface area (Å²) in [5.41, 5.74) is 6.93. The minimum Gasteiger partial charge on any atom is -0.399 e. The van der Waals surface area contributed by atoms with Crippen LogP contribution in [0, 0.1) is 0 Å². The normalized spacial score (nSPS) is 11.4. The number of nitrogens with zero attached hydrogens (tertiary/aromatic N) is 1. The van der Waals surface area contributed by atoms with Crippen LogP contribution in [0.4, 0.5) is 11.4 Å². The number of ether oxygens (including phenoxy) is 1. The fourth-order valence-electron chi connectivity index (χ4n) is 1.67. The molecule has 0 aliphatic carbocycles. The largest absolute Gasteiger partial charge is 0.399 e. The average molecular weight is 264 g/mol. The van der Waals surface area contributed by atoms with Gasteiger partial charge < -0.3 is 15.4 Å². The molecule has 0 radical (unpaired) electrons. The van der Waals surface area contributed by atoms with Crippen LogP contribution in [0.15, 0.2) is 24.3 Å². The number of carbonyl (C=O) groups excluding carboxylic acids is 1. The summed E-state index contributed by atoms with van der Waals surface area (Å²) in [6, 6.07) is 7.36. The first-order chi connectivity index (χ1) is 8.83. The summed E-state index contributed by atoms with van der Waals surface area (Å²) in [6.45, 7) is 8.59. The van der Waals surface area contributed by atoms with Crippen LogP contribution in [0.25, 0.3) is 0 Å². The van der Waals surface area contributed by atoms with E-state index in [9.17, 15) is 4.79 Å². The maximum atomic E-state index is 12.3. The Morgan fingerprint density at radius 1 is 1.37 bits per heavy atom. The molecule has 106 valence electrons. The van der Waals surface area contributed by atoms with Crippen molar-refractivity contribution in [2.75, 3.05) is 23.8 Å². The fourth-order valence-corrected chi connectivity index (χ4v) is 1.67. The van der Waals surface area contributed by atoms with Gasteiger partial charge in [0.25, 0.3) is 5.91 Å². The molecule has 0 saturated heterocycles. The van der Waals surface area contributed by atoms with Crippen LogP contribution in [0.1, 0.15) is 34.1 Å². The van der Waals surface area contributed by atoms with Crippen molar-refractivity contribution >= 4 is 17.3 Å². The molecule has 1 aromatic carbocycles. The number of nitrogens with two attached hydrogens (primary N) is 1. The van der Waals surface area contributed by atoms with Gasteiger partial charge >= 0.3 is 0 Å². The van der Waals surface area contributed by atoms with Gasteiger partial charge in [0.15, 0.2) is 0 Å². The number of hydrogen-bond donors (Lipinski definition) is 1. The minimum atomic E-state index is -0.316. The summed E-state index contributed by atoms with van der Waals surface area (Å²) < 4.78 is 5.55. The molecule has 19 heavy (non-hydrogen) atoms. The van der Waals surface area contributed by atoms with Crippen molar-refractivity contribution in [1.29, 1.82) is 0 Å². The zero-order valence-corrected chi connectivity index (χ0v) is 12.3. The lowest BCUT2D eigenvalue weighted by molar-refractivity contribution is -0.127. The summed E-state index contributed by atoms with van der Waals surface area (Å²) in [5, 5.41) is 0. The molecule has 1 aromatic rings. The maximum absolute atomic E-state index is 12.3. The third-order valence-electron chi connectivity index (χ3n) is 2.56. The van der Waals surface area contributed by atoms with Gasteiger partial charge in [0.05, 0.1) is 5.60 Å². The number of carbonyl (C=O) groups is 1. The smallest absolute Gasteiger partial charge is 0.253 e. The van der Waals surface area contributed by atoms with Crippen molar-refractivity contribution in [2.24, 2.45) is 0 Å². The van der Waals surface area contributed by atoms with E-state index in [0.717, 1.165) is 12.1 Å². The molecule has 0 saturated carbocycles. The van der Waals surface area contributed by atoms with Crippen molar-refractivity contribution < 1.29 is 9.53 Å². The summed E-state index contributed by atoms with van der Waals surface area (Å²) in [5.74, 6) is -0.0395. The zero-order valence-electron chi connectivity index (χ0n) is 12.3. The Morgan fingerprint density at radius 2 is 2.05 bits per heavy atom. The first-order valence-corrected chi connectivity index (χ1v) is 6.63. The van der Waals surface area contributed by atoms with Crippen molar-refractivity contribution in [2.45, 2.75) is 39.7 Å². The standard InChI is InChI=1S/C15H24N2O2/c1-5-9-17(13-8-6-7-12(16)10-13)14(18)11-19-15(2,3)4/h6-8,10H,5,9,11,16H2,1-4H3. The molecule has 0 heterocycles. The molecule has 0 fully saturated rings. The van der Waals surface area contributed by atoms with E-state index < -0.39 is 0 Å². The Kier molecular flexibility index (Phi) is 5.36. The molecule has 0 bridgehead atoms. The summed E-state index contributed by atoms with van der Waals surface area (Å²) in [7, 11) is 0. The molecule has 0 spiro atoms. The van der Waals surface area contributed by atoms with Crippen molar-refractivity contribution in [1.82, 2.24) is 0 Å².